The molecule has 3 heteroatoms. The molecule has 0 spiro atoms. The van der Waals surface area contributed by atoms with E-state index < -0.39 is 0 Å². The number of likely N-dealkylation sites (tertiary alicyclic amines) is 2. The molecule has 0 saturated carbocycles. The van der Waals surface area contributed by atoms with Crippen molar-refractivity contribution in [2.24, 2.45) is 0 Å². The van der Waals surface area contributed by atoms with Crippen molar-refractivity contribution in [3.63, 3.8) is 0 Å². The summed E-state index contributed by atoms with van der Waals surface area (Å²) in [7, 11) is 2.30. The minimum absolute atomic E-state index is 0.739. The van der Waals surface area contributed by atoms with E-state index in [9.17, 15) is 0 Å². The fourth-order valence-corrected chi connectivity index (χ4v) is 3.35. The Balaban J connectivity index is 1.77. The van der Waals surface area contributed by atoms with Crippen molar-refractivity contribution in [3.05, 3.63) is 0 Å². The molecule has 3 nitrogen and oxygen atoms in total. The molecule has 1 N–H and O–H groups in total. The zero-order valence-electron chi connectivity index (χ0n) is 11.6. The van der Waals surface area contributed by atoms with Gasteiger partial charge >= 0.3 is 0 Å². The number of hydrogen-bond acceptors (Lipinski definition) is 3. The molecule has 2 rings (SSSR count). The highest BCUT2D eigenvalue weighted by Crippen LogP contribution is 2.18. The van der Waals surface area contributed by atoms with Crippen LogP contribution in [0.2, 0.25) is 0 Å². The van der Waals surface area contributed by atoms with Crippen LogP contribution in [-0.4, -0.2) is 61.7 Å². The smallest absolute Gasteiger partial charge is 0.0220 e. The van der Waals surface area contributed by atoms with Gasteiger partial charge in [-0.05, 0) is 52.4 Å². The van der Waals surface area contributed by atoms with Crippen LogP contribution in [0.1, 0.15) is 39.0 Å². The van der Waals surface area contributed by atoms with Crippen molar-refractivity contribution in [1.29, 1.82) is 0 Å². The van der Waals surface area contributed by atoms with Gasteiger partial charge in [0.05, 0.1) is 0 Å². The highest BCUT2D eigenvalue weighted by molar-refractivity contribution is 4.83. The zero-order chi connectivity index (χ0) is 12.1. The van der Waals surface area contributed by atoms with Crippen LogP contribution < -0.4 is 5.32 Å². The largest absolute Gasteiger partial charge is 0.313 e. The fourth-order valence-electron chi connectivity index (χ4n) is 3.35. The van der Waals surface area contributed by atoms with Crippen molar-refractivity contribution < 1.29 is 0 Å². The predicted molar refractivity (Wildman–Crippen MR) is 73.4 cm³/mol. The standard InChI is InChI=1S/C14H29N3/c1-3-15-13-7-6-10-17(11-13)12-14-8-4-5-9-16(14)2/h13-15H,3-12H2,1-2H3. The summed E-state index contributed by atoms with van der Waals surface area (Å²) >= 11 is 0. The van der Waals surface area contributed by atoms with E-state index in [1.165, 1.54) is 58.3 Å². The second-order valence-corrected chi connectivity index (χ2v) is 5.79. The quantitative estimate of drug-likeness (QED) is 0.803. The Hall–Kier alpha value is -0.120. The maximum Gasteiger partial charge on any atom is 0.0220 e. The van der Waals surface area contributed by atoms with Crippen LogP contribution in [0.5, 0.6) is 0 Å². The minimum atomic E-state index is 0.739. The molecule has 2 fully saturated rings. The van der Waals surface area contributed by atoms with E-state index >= 15 is 0 Å². The SMILES string of the molecule is CCNC1CCCN(CC2CCCCN2C)C1. The molecule has 0 bridgehead atoms. The van der Waals surface area contributed by atoms with Crippen LogP contribution in [0.3, 0.4) is 0 Å². The summed E-state index contributed by atoms with van der Waals surface area (Å²) in [6.45, 7) is 8.49. The molecule has 2 saturated heterocycles. The lowest BCUT2D eigenvalue weighted by Crippen LogP contribution is -2.51. The lowest BCUT2D eigenvalue weighted by molar-refractivity contribution is 0.106. The molecule has 2 aliphatic heterocycles. The third-order valence-electron chi connectivity index (χ3n) is 4.39. The number of rotatable bonds is 4. The van der Waals surface area contributed by atoms with Crippen molar-refractivity contribution in [3.8, 4) is 0 Å². The summed E-state index contributed by atoms with van der Waals surface area (Å²) < 4.78 is 0. The molecule has 0 aromatic heterocycles. The van der Waals surface area contributed by atoms with E-state index in [2.05, 4.69) is 29.1 Å². The summed E-state index contributed by atoms with van der Waals surface area (Å²) in [5, 5.41) is 3.61. The van der Waals surface area contributed by atoms with Crippen LogP contribution in [0.4, 0.5) is 0 Å². The highest BCUT2D eigenvalue weighted by Gasteiger charge is 2.25. The molecular formula is C14H29N3. The number of hydrogen-bond donors (Lipinski definition) is 1. The van der Waals surface area contributed by atoms with Crippen molar-refractivity contribution in [2.75, 3.05) is 39.8 Å². The summed E-state index contributed by atoms with van der Waals surface area (Å²) in [6.07, 6.45) is 6.96. The molecule has 0 amide bonds. The molecule has 2 aliphatic rings. The molecule has 100 valence electrons. The molecule has 0 aromatic carbocycles. The molecule has 2 heterocycles. The molecule has 2 unspecified atom stereocenters. The van der Waals surface area contributed by atoms with Gasteiger partial charge in [0.2, 0.25) is 0 Å². The molecule has 2 atom stereocenters. The van der Waals surface area contributed by atoms with Gasteiger partial charge in [0, 0.05) is 25.2 Å². The van der Waals surface area contributed by atoms with Gasteiger partial charge in [0.25, 0.3) is 0 Å². The van der Waals surface area contributed by atoms with E-state index in [1.54, 1.807) is 0 Å². The maximum atomic E-state index is 3.61. The van der Waals surface area contributed by atoms with E-state index in [0.29, 0.717) is 0 Å². The van der Waals surface area contributed by atoms with Gasteiger partial charge in [-0.2, -0.15) is 0 Å². The Morgan fingerprint density at radius 1 is 1.12 bits per heavy atom. The van der Waals surface area contributed by atoms with Gasteiger partial charge in [-0.25, -0.2) is 0 Å². The monoisotopic (exact) mass is 239 g/mol. The first-order chi connectivity index (χ1) is 8.29. The Labute approximate surface area is 107 Å². The number of likely N-dealkylation sites (N-methyl/N-ethyl adjacent to an activating group) is 2. The first-order valence-corrected chi connectivity index (χ1v) is 7.45. The molecule has 0 radical (unpaired) electrons. The average molecular weight is 239 g/mol. The molecule has 0 aliphatic carbocycles. The Morgan fingerprint density at radius 2 is 2.00 bits per heavy atom. The normalized spacial score (nSPS) is 32.8. The Morgan fingerprint density at radius 3 is 2.76 bits per heavy atom. The number of piperidine rings is 2. The lowest BCUT2D eigenvalue weighted by atomic mass is 10.00. The van der Waals surface area contributed by atoms with Crippen molar-refractivity contribution in [2.45, 2.75) is 51.1 Å². The second kappa shape index (κ2) is 6.72. The van der Waals surface area contributed by atoms with Crippen LogP contribution in [0.15, 0.2) is 0 Å². The third kappa shape index (κ3) is 3.94. The number of nitrogens with one attached hydrogen (secondary N) is 1. The van der Waals surface area contributed by atoms with Crippen LogP contribution in [0, 0.1) is 0 Å². The number of nitrogens with zero attached hydrogens (tertiary/aromatic N) is 2. The molecule has 0 aromatic rings. The predicted octanol–water partition coefficient (Wildman–Crippen LogP) is 1.54. The topological polar surface area (TPSA) is 18.5 Å². The third-order valence-corrected chi connectivity index (χ3v) is 4.39. The zero-order valence-corrected chi connectivity index (χ0v) is 11.6. The van der Waals surface area contributed by atoms with Gasteiger partial charge in [0.15, 0.2) is 0 Å². The Kier molecular flexibility index (Phi) is 5.26. The molecule has 17 heavy (non-hydrogen) atoms. The van der Waals surface area contributed by atoms with Crippen LogP contribution >= 0.6 is 0 Å². The summed E-state index contributed by atoms with van der Waals surface area (Å²) in [4.78, 5) is 5.25. The van der Waals surface area contributed by atoms with Gasteiger partial charge in [-0.15, -0.1) is 0 Å². The van der Waals surface area contributed by atoms with Crippen molar-refractivity contribution >= 4 is 0 Å². The fraction of sp³-hybridized carbons (Fsp3) is 1.00. The summed E-state index contributed by atoms with van der Waals surface area (Å²) in [6, 6.07) is 1.55. The Bertz CT molecular complexity index is 218. The first kappa shape index (κ1) is 13.3. The second-order valence-electron chi connectivity index (χ2n) is 5.79. The van der Waals surface area contributed by atoms with Gasteiger partial charge in [0.1, 0.15) is 0 Å². The van der Waals surface area contributed by atoms with Crippen LogP contribution in [0.25, 0.3) is 0 Å². The van der Waals surface area contributed by atoms with Crippen molar-refractivity contribution in [1.82, 2.24) is 15.1 Å². The van der Waals surface area contributed by atoms with Gasteiger partial charge in [-0.3, -0.25) is 0 Å². The van der Waals surface area contributed by atoms with E-state index in [-0.39, 0.29) is 0 Å². The van der Waals surface area contributed by atoms with E-state index in [4.69, 9.17) is 0 Å². The minimum Gasteiger partial charge on any atom is -0.313 e. The van der Waals surface area contributed by atoms with Gasteiger partial charge in [-0.1, -0.05) is 13.3 Å². The van der Waals surface area contributed by atoms with E-state index in [1.807, 2.05) is 0 Å². The summed E-state index contributed by atoms with van der Waals surface area (Å²) in [5.74, 6) is 0. The highest BCUT2D eigenvalue weighted by atomic mass is 15.2. The molecular weight excluding hydrogens is 210 g/mol. The first-order valence-electron chi connectivity index (χ1n) is 7.45. The summed E-state index contributed by atoms with van der Waals surface area (Å²) in [5.41, 5.74) is 0. The lowest BCUT2D eigenvalue weighted by Gasteiger charge is -2.39. The van der Waals surface area contributed by atoms with E-state index in [0.717, 1.165) is 18.6 Å². The van der Waals surface area contributed by atoms with Crippen LogP contribution in [-0.2, 0) is 0 Å². The maximum absolute atomic E-state index is 3.61. The van der Waals surface area contributed by atoms with Gasteiger partial charge < -0.3 is 15.1 Å². The average Bonchev–Trinajstić information content (AvgIpc) is 2.33.